The molecule has 2 heterocycles. The van der Waals surface area contributed by atoms with Gasteiger partial charge >= 0.3 is 0 Å². The number of benzene rings is 1. The number of pyridine rings is 1. The normalized spacial score (nSPS) is 11.4. The maximum Gasteiger partial charge on any atom is 0.253 e. The van der Waals surface area contributed by atoms with Crippen molar-refractivity contribution in [2.75, 3.05) is 21.1 Å². The van der Waals surface area contributed by atoms with E-state index in [0.717, 1.165) is 17.0 Å². The molecule has 0 aliphatic rings. The summed E-state index contributed by atoms with van der Waals surface area (Å²) in [6.45, 7) is 1.10. The van der Waals surface area contributed by atoms with Gasteiger partial charge in [0.2, 0.25) is 0 Å². The largest absolute Gasteiger partial charge is 0.352 e. The van der Waals surface area contributed by atoms with Crippen molar-refractivity contribution in [2.45, 2.75) is 13.1 Å². The molecule has 2 aromatic heterocycles. The van der Waals surface area contributed by atoms with Crippen LogP contribution in [0.15, 0.2) is 53.7 Å². The Balaban J connectivity index is 1.55. The summed E-state index contributed by atoms with van der Waals surface area (Å²) in [7, 11) is 5.20. The number of carbonyl (C=O) groups is 1. The fraction of sp³-hybridized carbons (Fsp3) is 0.263. The average Bonchev–Trinajstić information content (AvgIpc) is 3.11. The molecule has 8 nitrogen and oxygen atoms in total. The number of hydrogen-bond donors (Lipinski definition) is 2. The van der Waals surface area contributed by atoms with E-state index >= 15 is 0 Å². The van der Waals surface area contributed by atoms with E-state index in [9.17, 15) is 4.79 Å². The molecular weight excluding hydrogens is 342 g/mol. The maximum atomic E-state index is 11.9. The Labute approximate surface area is 157 Å². The number of carbonyl (C=O) groups excluding carboxylic acids is 1. The van der Waals surface area contributed by atoms with Gasteiger partial charge in [-0.1, -0.05) is 18.2 Å². The van der Waals surface area contributed by atoms with Crippen LogP contribution in [-0.2, 0) is 13.1 Å². The van der Waals surface area contributed by atoms with E-state index in [0.29, 0.717) is 24.6 Å². The van der Waals surface area contributed by atoms with Crippen LogP contribution in [0, 0.1) is 0 Å². The lowest BCUT2D eigenvalue weighted by Gasteiger charge is -2.13. The number of nitrogens with one attached hydrogen (secondary N) is 2. The maximum absolute atomic E-state index is 11.9. The van der Waals surface area contributed by atoms with E-state index in [1.54, 1.807) is 26.0 Å². The van der Waals surface area contributed by atoms with Gasteiger partial charge < -0.3 is 15.5 Å². The molecule has 0 radical (unpaired) electrons. The number of hydrogen-bond acceptors (Lipinski definition) is 4. The summed E-state index contributed by atoms with van der Waals surface area (Å²) in [6.07, 6.45) is 1.93. The van der Waals surface area contributed by atoms with Crippen LogP contribution in [0.3, 0.4) is 0 Å². The third-order valence-corrected chi connectivity index (χ3v) is 4.09. The molecule has 1 aromatic carbocycles. The van der Waals surface area contributed by atoms with Gasteiger partial charge in [0.25, 0.3) is 5.91 Å². The number of amides is 1. The molecular formula is C19H23N7O. The summed E-state index contributed by atoms with van der Waals surface area (Å²) in [6, 6.07) is 13.3. The second-order valence-corrected chi connectivity index (χ2v) is 6.22. The SMILES string of the molecule is CN=C(NCc1ccc(C(=O)N(C)C)cc1)NCc1nnc2ccccn12. The highest BCUT2D eigenvalue weighted by atomic mass is 16.2. The van der Waals surface area contributed by atoms with Gasteiger partial charge in [-0.2, -0.15) is 0 Å². The minimum Gasteiger partial charge on any atom is -0.352 e. The Hall–Kier alpha value is -3.42. The van der Waals surface area contributed by atoms with Gasteiger partial charge in [-0.05, 0) is 29.8 Å². The summed E-state index contributed by atoms with van der Waals surface area (Å²) in [5.74, 6) is 1.46. The molecule has 0 aliphatic carbocycles. The zero-order chi connectivity index (χ0) is 19.2. The quantitative estimate of drug-likeness (QED) is 0.526. The minimum absolute atomic E-state index is 0.00693. The molecule has 0 unspecified atom stereocenters. The van der Waals surface area contributed by atoms with E-state index in [1.165, 1.54) is 0 Å². The van der Waals surface area contributed by atoms with Crippen molar-refractivity contribution in [1.29, 1.82) is 0 Å². The van der Waals surface area contributed by atoms with Gasteiger partial charge in [0.15, 0.2) is 17.4 Å². The number of aromatic nitrogens is 3. The first-order chi connectivity index (χ1) is 13.1. The summed E-state index contributed by atoms with van der Waals surface area (Å²) in [4.78, 5) is 17.7. The number of rotatable bonds is 5. The standard InChI is InChI=1S/C19H23N7O/c1-20-19(22-13-17-24-23-16-6-4-5-11-26(16)17)21-12-14-7-9-15(10-8-14)18(27)25(2)3/h4-11H,12-13H2,1-3H3,(H2,20,21,22). The highest BCUT2D eigenvalue weighted by Crippen LogP contribution is 2.06. The van der Waals surface area contributed by atoms with Crippen molar-refractivity contribution in [3.05, 3.63) is 65.6 Å². The van der Waals surface area contributed by atoms with Crippen molar-refractivity contribution in [1.82, 2.24) is 30.1 Å². The second kappa shape index (κ2) is 8.31. The number of nitrogens with zero attached hydrogens (tertiary/aromatic N) is 5. The van der Waals surface area contributed by atoms with Crippen LogP contribution in [0.25, 0.3) is 5.65 Å². The van der Waals surface area contributed by atoms with Crippen molar-refractivity contribution in [2.24, 2.45) is 4.99 Å². The van der Waals surface area contributed by atoms with Crippen molar-refractivity contribution in [3.8, 4) is 0 Å². The van der Waals surface area contributed by atoms with Gasteiger partial charge in [-0.15, -0.1) is 10.2 Å². The van der Waals surface area contributed by atoms with Crippen LogP contribution >= 0.6 is 0 Å². The Morgan fingerprint density at radius 3 is 2.52 bits per heavy atom. The van der Waals surface area contributed by atoms with Gasteiger partial charge in [-0.25, -0.2) is 0 Å². The molecule has 3 aromatic rings. The summed E-state index contributed by atoms with van der Waals surface area (Å²) in [5.41, 5.74) is 2.54. The molecule has 0 atom stereocenters. The minimum atomic E-state index is -0.00693. The van der Waals surface area contributed by atoms with Gasteiger partial charge in [0, 0.05) is 39.4 Å². The van der Waals surface area contributed by atoms with Gasteiger partial charge in [-0.3, -0.25) is 14.2 Å². The first kappa shape index (κ1) is 18.4. The molecule has 0 bridgehead atoms. The van der Waals surface area contributed by atoms with Crippen molar-refractivity contribution in [3.63, 3.8) is 0 Å². The van der Waals surface area contributed by atoms with Crippen LogP contribution in [0.1, 0.15) is 21.7 Å². The van der Waals surface area contributed by atoms with Crippen LogP contribution in [0.5, 0.6) is 0 Å². The fourth-order valence-corrected chi connectivity index (χ4v) is 2.60. The van der Waals surface area contributed by atoms with E-state index in [2.05, 4.69) is 25.8 Å². The molecule has 27 heavy (non-hydrogen) atoms. The zero-order valence-corrected chi connectivity index (χ0v) is 15.7. The Bertz CT molecular complexity index is 944. The zero-order valence-electron chi connectivity index (χ0n) is 15.7. The Morgan fingerprint density at radius 1 is 1.07 bits per heavy atom. The first-order valence-corrected chi connectivity index (χ1v) is 8.62. The molecule has 2 N–H and O–H groups in total. The van der Waals surface area contributed by atoms with Crippen molar-refractivity contribution < 1.29 is 4.79 Å². The lowest BCUT2D eigenvalue weighted by atomic mass is 10.1. The highest BCUT2D eigenvalue weighted by molar-refractivity contribution is 5.93. The third-order valence-electron chi connectivity index (χ3n) is 4.09. The Kier molecular flexibility index (Phi) is 5.65. The molecule has 0 saturated carbocycles. The predicted molar refractivity (Wildman–Crippen MR) is 104 cm³/mol. The van der Waals surface area contributed by atoms with Crippen LogP contribution in [0.2, 0.25) is 0 Å². The topological polar surface area (TPSA) is 86.9 Å². The summed E-state index contributed by atoms with van der Waals surface area (Å²) >= 11 is 0. The first-order valence-electron chi connectivity index (χ1n) is 8.62. The van der Waals surface area contributed by atoms with E-state index in [4.69, 9.17) is 0 Å². The predicted octanol–water partition coefficient (Wildman–Crippen LogP) is 1.30. The van der Waals surface area contributed by atoms with E-state index < -0.39 is 0 Å². The molecule has 0 saturated heterocycles. The monoisotopic (exact) mass is 365 g/mol. The smallest absolute Gasteiger partial charge is 0.253 e. The van der Waals surface area contributed by atoms with Crippen LogP contribution < -0.4 is 10.6 Å². The molecule has 0 spiro atoms. The molecule has 0 aliphatic heterocycles. The molecule has 3 rings (SSSR count). The Morgan fingerprint density at radius 2 is 1.81 bits per heavy atom. The van der Waals surface area contributed by atoms with Crippen molar-refractivity contribution >= 4 is 17.5 Å². The lowest BCUT2D eigenvalue weighted by molar-refractivity contribution is 0.0827. The van der Waals surface area contributed by atoms with Crippen LogP contribution in [0.4, 0.5) is 0 Å². The van der Waals surface area contributed by atoms with E-state index in [1.807, 2.05) is 53.1 Å². The number of aliphatic imine (C=N–C) groups is 1. The summed E-state index contributed by atoms with van der Waals surface area (Å²) < 4.78 is 1.93. The highest BCUT2D eigenvalue weighted by Gasteiger charge is 2.08. The number of guanidine groups is 1. The molecule has 0 fully saturated rings. The molecule has 8 heteroatoms. The van der Waals surface area contributed by atoms with Gasteiger partial charge in [0.1, 0.15) is 0 Å². The van der Waals surface area contributed by atoms with Gasteiger partial charge in [0.05, 0.1) is 6.54 Å². The van der Waals surface area contributed by atoms with E-state index in [-0.39, 0.29) is 5.91 Å². The fourth-order valence-electron chi connectivity index (χ4n) is 2.60. The summed E-state index contributed by atoms with van der Waals surface area (Å²) in [5, 5.41) is 14.8. The third kappa shape index (κ3) is 4.41. The molecule has 140 valence electrons. The number of fused-ring (bicyclic) bond motifs is 1. The van der Waals surface area contributed by atoms with Crippen LogP contribution in [-0.4, -0.2) is 52.5 Å². The average molecular weight is 365 g/mol. The second-order valence-electron chi connectivity index (χ2n) is 6.22. The molecule has 1 amide bonds. The lowest BCUT2D eigenvalue weighted by Crippen LogP contribution is -2.36.